The van der Waals surface area contributed by atoms with Gasteiger partial charge in [-0.25, -0.2) is 0 Å². The van der Waals surface area contributed by atoms with E-state index in [9.17, 15) is 10.1 Å². The summed E-state index contributed by atoms with van der Waals surface area (Å²) in [7, 11) is 0. The lowest BCUT2D eigenvalue weighted by Crippen LogP contribution is -2.37. The summed E-state index contributed by atoms with van der Waals surface area (Å²) in [6.07, 6.45) is 0.549. The Kier molecular flexibility index (Phi) is 5.37. The van der Waals surface area contributed by atoms with Gasteiger partial charge in [-0.3, -0.25) is 4.79 Å². The van der Waals surface area contributed by atoms with E-state index in [1.807, 2.05) is 73.7 Å². The molecule has 7 heteroatoms. The Labute approximate surface area is 195 Å². The Bertz CT molecular complexity index is 1350. The van der Waals surface area contributed by atoms with E-state index in [-0.39, 0.29) is 11.8 Å². The van der Waals surface area contributed by atoms with Crippen molar-refractivity contribution in [1.82, 2.24) is 10.2 Å². The highest BCUT2D eigenvalue weighted by atomic mass is 32.1. The van der Waals surface area contributed by atoms with Gasteiger partial charge in [-0.05, 0) is 66.4 Å². The molecule has 3 aromatic carbocycles. The number of nitriles is 1. The summed E-state index contributed by atoms with van der Waals surface area (Å²) in [5, 5.41) is 20.7. The lowest BCUT2D eigenvalue weighted by molar-refractivity contribution is -0.125. The molecule has 0 spiro atoms. The van der Waals surface area contributed by atoms with Crippen molar-refractivity contribution < 1.29 is 9.53 Å². The van der Waals surface area contributed by atoms with Gasteiger partial charge in [0.25, 0.3) is 0 Å². The van der Waals surface area contributed by atoms with Crippen LogP contribution in [0.15, 0.2) is 78.3 Å². The molecular weight excluding hydrogens is 432 g/mol. The largest absolute Gasteiger partial charge is 0.457 e. The number of carbonyl (C=O) groups excluding carboxylic acids is 1. The molecule has 162 valence electrons. The minimum absolute atomic E-state index is 0.131. The second-order valence-electron chi connectivity index (χ2n) is 8.24. The Morgan fingerprint density at radius 3 is 2.70 bits per heavy atom. The van der Waals surface area contributed by atoms with Crippen molar-refractivity contribution in [3.05, 3.63) is 101 Å². The van der Waals surface area contributed by atoms with Crippen LogP contribution < -0.4 is 10.1 Å². The minimum Gasteiger partial charge on any atom is -0.457 e. The van der Waals surface area contributed by atoms with E-state index in [2.05, 4.69) is 21.6 Å². The summed E-state index contributed by atoms with van der Waals surface area (Å²) < 4.78 is 6.06. The van der Waals surface area contributed by atoms with Gasteiger partial charge in [0.05, 0.1) is 17.0 Å². The van der Waals surface area contributed by atoms with E-state index >= 15 is 0 Å². The number of ether oxygens (including phenoxy) is 1. The van der Waals surface area contributed by atoms with E-state index in [4.69, 9.17) is 4.74 Å². The number of hydrogen-bond donors (Lipinski definition) is 1. The van der Waals surface area contributed by atoms with Crippen LogP contribution >= 0.6 is 11.3 Å². The molecule has 1 aliphatic rings. The average Bonchev–Trinajstić information content (AvgIpc) is 3.45. The fourth-order valence-electron chi connectivity index (χ4n) is 4.54. The lowest BCUT2D eigenvalue weighted by atomic mass is 9.73. The third-order valence-electron chi connectivity index (χ3n) is 6.05. The highest BCUT2D eigenvalue weighted by molar-refractivity contribution is 7.13. The van der Waals surface area contributed by atoms with E-state index in [1.165, 1.54) is 11.3 Å². The molecule has 0 saturated carbocycles. The highest BCUT2D eigenvalue weighted by Crippen LogP contribution is 2.52. The topological polar surface area (TPSA) is 87.9 Å². The Morgan fingerprint density at radius 2 is 1.94 bits per heavy atom. The molecule has 1 N–H and O–H groups in total. The fourth-order valence-corrected chi connectivity index (χ4v) is 4.98. The van der Waals surface area contributed by atoms with Crippen LogP contribution in [-0.2, 0) is 11.2 Å². The lowest BCUT2D eigenvalue weighted by Gasteiger charge is -2.31. The van der Waals surface area contributed by atoms with Gasteiger partial charge >= 0.3 is 0 Å². The monoisotopic (exact) mass is 452 g/mol. The second-order valence-corrected chi connectivity index (χ2v) is 9.07. The van der Waals surface area contributed by atoms with Crippen LogP contribution in [0.1, 0.15) is 35.1 Å². The zero-order chi connectivity index (χ0) is 22.8. The number of rotatable bonds is 5. The first kappa shape index (κ1) is 20.9. The van der Waals surface area contributed by atoms with Crippen LogP contribution in [-0.4, -0.2) is 16.1 Å². The molecule has 2 atom stereocenters. The van der Waals surface area contributed by atoms with Crippen LogP contribution in [0.25, 0.3) is 0 Å². The van der Waals surface area contributed by atoms with Crippen LogP contribution in [0.3, 0.4) is 0 Å². The van der Waals surface area contributed by atoms with Crippen molar-refractivity contribution in [3.63, 3.8) is 0 Å². The molecule has 0 aliphatic heterocycles. The van der Waals surface area contributed by atoms with Gasteiger partial charge < -0.3 is 10.1 Å². The minimum atomic E-state index is -0.784. The average molecular weight is 453 g/mol. The first-order valence-electron chi connectivity index (χ1n) is 10.5. The normalized spacial score (nSPS) is 18.8. The molecule has 6 nitrogen and oxygen atoms in total. The fraction of sp³-hybridized carbons (Fsp3) is 0.154. The standard InChI is InChI=1S/C26H20N4O2S/c1-26(24(31)29-25-30-28-16-33-25)14-19-11-10-17(15-27)12-22(19)23(26)18-6-5-9-21(13-18)32-20-7-3-2-4-8-20/h2-13,16,23H,14H2,1H3,(H,29,30,31)/t23-,26+/m0/s1. The smallest absolute Gasteiger partial charge is 0.233 e. The molecule has 0 saturated heterocycles. The Hall–Kier alpha value is -4.02. The van der Waals surface area contributed by atoms with E-state index in [1.54, 1.807) is 11.6 Å². The van der Waals surface area contributed by atoms with Crippen LogP contribution in [0.2, 0.25) is 0 Å². The van der Waals surface area contributed by atoms with Crippen molar-refractivity contribution in [3.8, 4) is 17.6 Å². The molecule has 0 bridgehead atoms. The van der Waals surface area contributed by atoms with Gasteiger partial charge in [0.15, 0.2) is 0 Å². The number of nitrogens with one attached hydrogen (secondary N) is 1. The van der Waals surface area contributed by atoms with Crippen molar-refractivity contribution >= 4 is 22.4 Å². The summed E-state index contributed by atoms with van der Waals surface area (Å²) in [4.78, 5) is 13.5. The maximum atomic E-state index is 13.5. The molecule has 4 aromatic rings. The summed E-state index contributed by atoms with van der Waals surface area (Å²) in [5.41, 5.74) is 4.37. The Morgan fingerprint density at radius 1 is 1.12 bits per heavy atom. The van der Waals surface area contributed by atoms with Crippen LogP contribution in [0.4, 0.5) is 5.13 Å². The van der Waals surface area contributed by atoms with E-state index in [0.29, 0.717) is 22.9 Å². The van der Waals surface area contributed by atoms with E-state index < -0.39 is 5.41 Å². The van der Waals surface area contributed by atoms with E-state index in [0.717, 1.165) is 22.4 Å². The molecule has 1 aromatic heterocycles. The van der Waals surface area contributed by atoms with Crippen LogP contribution in [0.5, 0.6) is 11.5 Å². The summed E-state index contributed by atoms with van der Waals surface area (Å²) >= 11 is 1.28. The first-order chi connectivity index (χ1) is 16.1. The second kappa shape index (κ2) is 8.49. The predicted molar refractivity (Wildman–Crippen MR) is 126 cm³/mol. The van der Waals surface area contributed by atoms with Gasteiger partial charge in [0.2, 0.25) is 11.0 Å². The van der Waals surface area contributed by atoms with Gasteiger partial charge in [-0.15, -0.1) is 10.2 Å². The number of hydrogen-bond acceptors (Lipinski definition) is 6. The summed E-state index contributed by atoms with van der Waals surface area (Å²) in [6.45, 7) is 1.96. The zero-order valence-corrected chi connectivity index (χ0v) is 18.7. The molecule has 1 amide bonds. The number of carbonyl (C=O) groups is 1. The number of nitrogens with zero attached hydrogens (tertiary/aromatic N) is 3. The van der Waals surface area contributed by atoms with Crippen molar-refractivity contribution in [1.29, 1.82) is 5.26 Å². The molecule has 0 radical (unpaired) electrons. The number of anilines is 1. The number of fused-ring (bicyclic) bond motifs is 1. The number of para-hydroxylation sites is 1. The van der Waals surface area contributed by atoms with Gasteiger partial charge in [0.1, 0.15) is 17.0 Å². The molecule has 1 heterocycles. The third-order valence-corrected chi connectivity index (χ3v) is 6.66. The molecule has 5 rings (SSSR count). The summed E-state index contributed by atoms with van der Waals surface area (Å²) in [6, 6.07) is 25.3. The molecule has 0 unspecified atom stereocenters. The third kappa shape index (κ3) is 3.97. The Balaban J connectivity index is 1.57. The van der Waals surface area contributed by atoms with Gasteiger partial charge in [-0.1, -0.05) is 47.7 Å². The number of benzene rings is 3. The molecule has 1 aliphatic carbocycles. The van der Waals surface area contributed by atoms with Gasteiger partial charge in [-0.2, -0.15) is 5.26 Å². The van der Waals surface area contributed by atoms with Crippen molar-refractivity contribution in [2.75, 3.05) is 5.32 Å². The first-order valence-corrected chi connectivity index (χ1v) is 11.4. The molecule has 33 heavy (non-hydrogen) atoms. The highest BCUT2D eigenvalue weighted by Gasteiger charge is 2.49. The maximum Gasteiger partial charge on any atom is 0.233 e. The quantitative estimate of drug-likeness (QED) is 0.430. The molecule has 0 fully saturated rings. The number of amides is 1. The number of aromatic nitrogens is 2. The SMILES string of the molecule is C[C@@]1(C(=O)Nc2nncs2)Cc2ccc(C#N)cc2[C@@H]1c1cccc(Oc2ccccc2)c1. The zero-order valence-electron chi connectivity index (χ0n) is 17.9. The molecular formula is C26H20N4O2S. The van der Waals surface area contributed by atoms with Crippen molar-refractivity contribution in [2.24, 2.45) is 5.41 Å². The van der Waals surface area contributed by atoms with Crippen molar-refractivity contribution in [2.45, 2.75) is 19.3 Å². The predicted octanol–water partition coefficient (Wildman–Crippen LogP) is 5.54. The van der Waals surface area contributed by atoms with Crippen LogP contribution in [0, 0.1) is 16.7 Å². The van der Waals surface area contributed by atoms with Gasteiger partial charge in [0, 0.05) is 5.92 Å². The summed E-state index contributed by atoms with van der Waals surface area (Å²) in [5.74, 6) is 1.04. The maximum absolute atomic E-state index is 13.5.